The van der Waals surface area contributed by atoms with Crippen molar-refractivity contribution in [2.75, 3.05) is 0 Å². The zero-order chi connectivity index (χ0) is 20.1. The molecule has 8 nitrogen and oxygen atoms in total. The number of tetrazole rings is 1. The Kier molecular flexibility index (Phi) is 5.59. The lowest BCUT2D eigenvalue weighted by Gasteiger charge is -2.07. The number of hydrogen-bond acceptors (Lipinski definition) is 5. The van der Waals surface area contributed by atoms with Gasteiger partial charge in [-0.3, -0.25) is 20.4 Å². The first kappa shape index (κ1) is 19.0. The van der Waals surface area contributed by atoms with Gasteiger partial charge in [0, 0.05) is 11.6 Å². The van der Waals surface area contributed by atoms with E-state index in [1.807, 2.05) is 26.8 Å². The zero-order valence-electron chi connectivity index (χ0n) is 15.8. The normalized spacial score (nSPS) is 10.8. The highest BCUT2D eigenvalue weighted by atomic mass is 16.2. The zero-order valence-corrected chi connectivity index (χ0v) is 15.8. The first-order valence-electron chi connectivity index (χ1n) is 8.64. The number of amides is 2. The number of hydrogen-bond donors (Lipinski definition) is 2. The predicted molar refractivity (Wildman–Crippen MR) is 104 cm³/mol. The van der Waals surface area contributed by atoms with Crippen molar-refractivity contribution in [2.45, 2.75) is 20.8 Å². The lowest BCUT2D eigenvalue weighted by molar-refractivity contribution is -0.117. The number of nitrogens with one attached hydrogen (secondary N) is 2. The van der Waals surface area contributed by atoms with Crippen LogP contribution in [0.4, 0.5) is 0 Å². The number of aryl methyl sites for hydroxylation is 3. The van der Waals surface area contributed by atoms with E-state index in [9.17, 15) is 9.59 Å². The molecule has 0 spiro atoms. The second kappa shape index (κ2) is 8.26. The highest BCUT2D eigenvalue weighted by Crippen LogP contribution is 2.16. The van der Waals surface area contributed by atoms with Gasteiger partial charge in [-0.1, -0.05) is 12.1 Å². The second-order valence-corrected chi connectivity index (χ2v) is 6.37. The van der Waals surface area contributed by atoms with E-state index in [-0.39, 0.29) is 0 Å². The summed E-state index contributed by atoms with van der Waals surface area (Å²) in [5.41, 5.74) is 10.3. The quantitative estimate of drug-likeness (QED) is 0.536. The standard InChI is InChI=1S/C20H20N6O2/c1-13-10-15(3)17(11-14(13)2)6-9-19(27)22-23-20(28)16-4-7-18(8-5-16)26-12-21-24-25-26/h4-12H,1-3H3,(H,22,27)(H,23,28)/b9-6+. The van der Waals surface area contributed by atoms with Gasteiger partial charge in [-0.15, -0.1) is 5.10 Å². The summed E-state index contributed by atoms with van der Waals surface area (Å²) in [7, 11) is 0. The van der Waals surface area contributed by atoms with E-state index in [1.165, 1.54) is 22.6 Å². The van der Waals surface area contributed by atoms with Crippen LogP contribution in [0.5, 0.6) is 0 Å². The summed E-state index contributed by atoms with van der Waals surface area (Å²) in [4.78, 5) is 24.1. The Morgan fingerprint density at radius 1 is 0.964 bits per heavy atom. The highest BCUT2D eigenvalue weighted by Gasteiger charge is 2.07. The van der Waals surface area contributed by atoms with Crippen molar-refractivity contribution in [3.05, 3.63) is 76.6 Å². The van der Waals surface area contributed by atoms with E-state index in [4.69, 9.17) is 0 Å². The lowest BCUT2D eigenvalue weighted by atomic mass is 10.0. The monoisotopic (exact) mass is 376 g/mol. The maximum Gasteiger partial charge on any atom is 0.269 e. The molecule has 0 saturated heterocycles. The molecule has 0 aliphatic heterocycles. The first-order valence-corrected chi connectivity index (χ1v) is 8.64. The van der Waals surface area contributed by atoms with Gasteiger partial charge in [0.2, 0.25) is 0 Å². The van der Waals surface area contributed by atoms with Crippen LogP contribution in [-0.4, -0.2) is 32.0 Å². The maximum absolute atomic E-state index is 12.2. The molecule has 0 unspecified atom stereocenters. The number of nitrogens with zero attached hydrogens (tertiary/aromatic N) is 4. The molecule has 2 N–H and O–H groups in total. The van der Waals surface area contributed by atoms with Gasteiger partial charge < -0.3 is 0 Å². The largest absolute Gasteiger partial charge is 0.269 e. The van der Waals surface area contributed by atoms with Crippen molar-refractivity contribution in [2.24, 2.45) is 0 Å². The average molecular weight is 376 g/mol. The molecule has 28 heavy (non-hydrogen) atoms. The van der Waals surface area contributed by atoms with Crippen LogP contribution in [-0.2, 0) is 4.79 Å². The van der Waals surface area contributed by atoms with Gasteiger partial charge in [-0.05, 0) is 83.8 Å². The minimum atomic E-state index is -0.424. The third-order valence-corrected chi connectivity index (χ3v) is 4.34. The summed E-state index contributed by atoms with van der Waals surface area (Å²) in [6.45, 7) is 6.06. The van der Waals surface area contributed by atoms with Crippen molar-refractivity contribution in [1.82, 2.24) is 31.1 Å². The van der Waals surface area contributed by atoms with Crippen LogP contribution >= 0.6 is 0 Å². The molecule has 0 atom stereocenters. The molecule has 142 valence electrons. The molecule has 0 fully saturated rings. The number of benzene rings is 2. The molecule has 2 amide bonds. The number of carbonyl (C=O) groups excluding carboxylic acids is 2. The van der Waals surface area contributed by atoms with Crippen LogP contribution in [0.2, 0.25) is 0 Å². The maximum atomic E-state index is 12.2. The molecule has 3 rings (SSSR count). The van der Waals surface area contributed by atoms with Crippen molar-refractivity contribution >= 4 is 17.9 Å². The van der Waals surface area contributed by atoms with Gasteiger partial charge in [0.05, 0.1) is 5.69 Å². The predicted octanol–water partition coefficient (Wildman–Crippen LogP) is 2.06. The van der Waals surface area contributed by atoms with E-state index in [1.54, 1.807) is 30.3 Å². The topological polar surface area (TPSA) is 102 Å². The van der Waals surface area contributed by atoms with E-state index < -0.39 is 11.8 Å². The molecular weight excluding hydrogens is 356 g/mol. The van der Waals surface area contributed by atoms with Crippen molar-refractivity contribution in [1.29, 1.82) is 0 Å². The number of rotatable bonds is 4. The third-order valence-electron chi connectivity index (χ3n) is 4.34. The summed E-state index contributed by atoms with van der Waals surface area (Å²) >= 11 is 0. The SMILES string of the molecule is Cc1cc(C)c(/C=C/C(=O)NNC(=O)c2ccc(-n3cnnn3)cc2)cc1C. The third kappa shape index (κ3) is 4.47. The van der Waals surface area contributed by atoms with Crippen molar-refractivity contribution in [3.63, 3.8) is 0 Å². The summed E-state index contributed by atoms with van der Waals surface area (Å²) in [6.07, 6.45) is 4.57. The molecule has 0 saturated carbocycles. The van der Waals surface area contributed by atoms with E-state index >= 15 is 0 Å². The van der Waals surface area contributed by atoms with E-state index in [2.05, 4.69) is 32.4 Å². The van der Waals surface area contributed by atoms with Crippen LogP contribution in [0.15, 0.2) is 48.8 Å². The first-order chi connectivity index (χ1) is 13.4. The van der Waals surface area contributed by atoms with Gasteiger partial charge in [-0.2, -0.15) is 0 Å². The molecule has 0 aliphatic rings. The van der Waals surface area contributed by atoms with Crippen LogP contribution in [0.25, 0.3) is 11.8 Å². The van der Waals surface area contributed by atoms with Crippen LogP contribution in [0, 0.1) is 20.8 Å². The van der Waals surface area contributed by atoms with Gasteiger partial charge >= 0.3 is 0 Å². The fourth-order valence-corrected chi connectivity index (χ4v) is 2.61. The Labute approximate surface area is 162 Å². The molecule has 1 heterocycles. The van der Waals surface area contributed by atoms with Crippen molar-refractivity contribution < 1.29 is 9.59 Å². The van der Waals surface area contributed by atoms with Crippen LogP contribution in [0.3, 0.4) is 0 Å². The minimum absolute atomic E-state index is 0.395. The lowest BCUT2D eigenvalue weighted by Crippen LogP contribution is -2.40. The van der Waals surface area contributed by atoms with E-state index in [0.29, 0.717) is 5.56 Å². The molecule has 3 aromatic rings. The number of aromatic nitrogens is 4. The van der Waals surface area contributed by atoms with Gasteiger partial charge in [0.1, 0.15) is 6.33 Å². The Morgan fingerprint density at radius 2 is 1.68 bits per heavy atom. The second-order valence-electron chi connectivity index (χ2n) is 6.37. The number of hydrazine groups is 1. The highest BCUT2D eigenvalue weighted by molar-refractivity contribution is 5.98. The molecule has 0 aliphatic carbocycles. The smallest absolute Gasteiger partial charge is 0.268 e. The Balaban J connectivity index is 1.57. The fourth-order valence-electron chi connectivity index (χ4n) is 2.61. The summed E-state index contributed by atoms with van der Waals surface area (Å²) in [5.74, 6) is -0.844. The molecule has 8 heteroatoms. The molecule has 1 aromatic heterocycles. The molecule has 0 bridgehead atoms. The van der Waals surface area contributed by atoms with Gasteiger partial charge in [0.15, 0.2) is 0 Å². The molecule has 2 aromatic carbocycles. The molecular formula is C20H20N6O2. The number of carbonyl (C=O) groups is 2. The van der Waals surface area contributed by atoms with Gasteiger partial charge in [0.25, 0.3) is 11.8 Å². The Bertz CT molecular complexity index is 1020. The fraction of sp³-hybridized carbons (Fsp3) is 0.150. The summed E-state index contributed by atoms with van der Waals surface area (Å²) < 4.78 is 1.48. The van der Waals surface area contributed by atoms with Crippen LogP contribution < -0.4 is 10.9 Å². The van der Waals surface area contributed by atoms with Gasteiger partial charge in [-0.25, -0.2) is 4.68 Å². The van der Waals surface area contributed by atoms with E-state index in [0.717, 1.165) is 22.4 Å². The summed E-state index contributed by atoms with van der Waals surface area (Å²) in [5, 5.41) is 10.9. The summed E-state index contributed by atoms with van der Waals surface area (Å²) in [6, 6.07) is 10.7. The minimum Gasteiger partial charge on any atom is -0.268 e. The van der Waals surface area contributed by atoms with Crippen LogP contribution in [0.1, 0.15) is 32.6 Å². The molecule has 0 radical (unpaired) electrons. The Hall–Kier alpha value is -3.81. The average Bonchev–Trinajstić information content (AvgIpc) is 3.23. The van der Waals surface area contributed by atoms with Crippen molar-refractivity contribution in [3.8, 4) is 5.69 Å². The Morgan fingerprint density at radius 3 is 2.36 bits per heavy atom.